The van der Waals surface area contributed by atoms with Gasteiger partial charge in [0.2, 0.25) is 0 Å². The van der Waals surface area contributed by atoms with Crippen LogP contribution in [0, 0.1) is 20.8 Å². The van der Waals surface area contributed by atoms with Gasteiger partial charge in [-0.15, -0.1) is 11.3 Å². The van der Waals surface area contributed by atoms with Gasteiger partial charge in [-0.05, 0) is 46.6 Å². The summed E-state index contributed by atoms with van der Waals surface area (Å²) in [5.41, 5.74) is 4.34. The first kappa shape index (κ1) is 17.5. The van der Waals surface area contributed by atoms with Crippen molar-refractivity contribution in [2.24, 2.45) is 7.05 Å². The molecule has 2 aromatic heterocycles. The molecule has 2 rings (SSSR count). The molecule has 0 aromatic carbocycles. The number of aryl methyl sites for hydroxylation is 3. The number of urea groups is 1. The largest absolute Gasteiger partial charge is 0.335 e. The maximum Gasteiger partial charge on any atom is 0.315 e. The van der Waals surface area contributed by atoms with E-state index in [0.29, 0.717) is 0 Å². The molecule has 0 aliphatic heterocycles. The Morgan fingerprint density at radius 3 is 2.52 bits per heavy atom. The summed E-state index contributed by atoms with van der Waals surface area (Å²) in [7, 11) is 1.94. The lowest BCUT2D eigenvalue weighted by Gasteiger charge is -2.17. The van der Waals surface area contributed by atoms with Crippen molar-refractivity contribution in [2.75, 3.05) is 0 Å². The zero-order valence-electron chi connectivity index (χ0n) is 14.6. The first-order valence-electron chi connectivity index (χ1n) is 7.76. The molecular formula is C16H25N5OS. The summed E-state index contributed by atoms with van der Waals surface area (Å²) in [4.78, 5) is 16.5. The Hall–Kier alpha value is -1.89. The first-order valence-corrected chi connectivity index (χ1v) is 8.64. The SMILES string of the molecule is Cc1csc([C@H](C)NC(=O)N[C@@H](C)Cc2c(C)nn(C)c2C)n1. The van der Waals surface area contributed by atoms with Crippen molar-refractivity contribution in [3.05, 3.63) is 33.0 Å². The lowest BCUT2D eigenvalue weighted by atomic mass is 10.1. The van der Waals surface area contributed by atoms with Gasteiger partial charge in [0.15, 0.2) is 0 Å². The molecule has 6 nitrogen and oxygen atoms in total. The van der Waals surface area contributed by atoms with Gasteiger partial charge in [0.05, 0.1) is 11.7 Å². The number of nitrogens with zero attached hydrogens (tertiary/aromatic N) is 3. The second-order valence-corrected chi connectivity index (χ2v) is 6.93. The van der Waals surface area contributed by atoms with Crippen molar-refractivity contribution < 1.29 is 4.79 Å². The number of aromatic nitrogens is 3. The van der Waals surface area contributed by atoms with E-state index in [1.54, 1.807) is 11.3 Å². The summed E-state index contributed by atoms with van der Waals surface area (Å²) in [6.07, 6.45) is 0.768. The topological polar surface area (TPSA) is 71.8 Å². The Morgan fingerprint density at radius 2 is 2.00 bits per heavy atom. The monoisotopic (exact) mass is 335 g/mol. The molecule has 0 spiro atoms. The fraction of sp³-hybridized carbons (Fsp3) is 0.562. The van der Waals surface area contributed by atoms with Crippen molar-refractivity contribution in [1.29, 1.82) is 0 Å². The van der Waals surface area contributed by atoms with Crippen molar-refractivity contribution in [1.82, 2.24) is 25.4 Å². The highest BCUT2D eigenvalue weighted by atomic mass is 32.1. The molecular weight excluding hydrogens is 310 g/mol. The Balaban J connectivity index is 1.89. The summed E-state index contributed by atoms with van der Waals surface area (Å²) in [6.45, 7) is 9.95. The van der Waals surface area contributed by atoms with Gasteiger partial charge in [-0.3, -0.25) is 4.68 Å². The van der Waals surface area contributed by atoms with Crippen LogP contribution < -0.4 is 10.6 Å². The van der Waals surface area contributed by atoms with Crippen LogP contribution in [0.4, 0.5) is 4.79 Å². The summed E-state index contributed by atoms with van der Waals surface area (Å²) in [5.74, 6) is 0. The maximum absolute atomic E-state index is 12.1. The van der Waals surface area contributed by atoms with Crippen LogP contribution in [0.1, 0.15) is 47.5 Å². The predicted molar refractivity (Wildman–Crippen MR) is 92.8 cm³/mol. The fourth-order valence-electron chi connectivity index (χ4n) is 2.56. The minimum atomic E-state index is -0.169. The van der Waals surface area contributed by atoms with Gasteiger partial charge in [-0.2, -0.15) is 5.10 Å². The van der Waals surface area contributed by atoms with Crippen LogP contribution in [0.15, 0.2) is 5.38 Å². The van der Waals surface area contributed by atoms with E-state index in [9.17, 15) is 4.79 Å². The van der Waals surface area contributed by atoms with E-state index in [1.165, 1.54) is 5.56 Å². The number of hydrogen-bond donors (Lipinski definition) is 2. The van der Waals surface area contributed by atoms with E-state index in [1.807, 2.05) is 44.8 Å². The van der Waals surface area contributed by atoms with E-state index in [4.69, 9.17) is 0 Å². The van der Waals surface area contributed by atoms with E-state index < -0.39 is 0 Å². The van der Waals surface area contributed by atoms with Gasteiger partial charge in [-0.25, -0.2) is 9.78 Å². The fourth-order valence-corrected chi connectivity index (χ4v) is 3.37. The standard InChI is InChI=1S/C16H25N5OS/c1-9(7-14-11(3)20-21(6)13(14)5)18-16(22)19-12(4)15-17-10(2)8-23-15/h8-9,12H,7H2,1-6H3,(H2,18,19,22)/t9-,12-/m0/s1. The van der Waals surface area contributed by atoms with Gasteiger partial charge in [0.25, 0.3) is 0 Å². The van der Waals surface area contributed by atoms with E-state index in [2.05, 4.69) is 27.6 Å². The lowest BCUT2D eigenvalue weighted by Crippen LogP contribution is -2.42. The molecule has 0 bridgehead atoms. The van der Waals surface area contributed by atoms with Crippen molar-refractivity contribution in [2.45, 2.75) is 53.1 Å². The van der Waals surface area contributed by atoms with Gasteiger partial charge < -0.3 is 10.6 Å². The molecule has 0 aliphatic rings. The number of thiazole rings is 1. The minimum absolute atomic E-state index is 0.0295. The second-order valence-electron chi connectivity index (χ2n) is 6.04. The van der Waals surface area contributed by atoms with Gasteiger partial charge in [0, 0.05) is 29.9 Å². The molecule has 23 heavy (non-hydrogen) atoms. The van der Waals surface area contributed by atoms with Crippen LogP contribution in [0.5, 0.6) is 0 Å². The number of carbonyl (C=O) groups excluding carboxylic acids is 1. The molecule has 0 unspecified atom stereocenters. The summed E-state index contributed by atoms with van der Waals surface area (Å²) < 4.78 is 1.88. The molecule has 0 saturated carbocycles. The molecule has 2 N–H and O–H groups in total. The average molecular weight is 335 g/mol. The van der Waals surface area contributed by atoms with Crippen LogP contribution in [-0.2, 0) is 13.5 Å². The Kier molecular flexibility index (Phi) is 5.41. The quantitative estimate of drug-likeness (QED) is 0.882. The third-order valence-corrected chi connectivity index (χ3v) is 5.05. The van der Waals surface area contributed by atoms with Gasteiger partial charge in [-0.1, -0.05) is 0 Å². The zero-order chi connectivity index (χ0) is 17.1. The highest BCUT2D eigenvalue weighted by molar-refractivity contribution is 7.09. The molecule has 0 radical (unpaired) electrons. The molecule has 2 aromatic rings. The van der Waals surface area contributed by atoms with Crippen LogP contribution in [0.3, 0.4) is 0 Å². The second kappa shape index (κ2) is 7.12. The van der Waals surface area contributed by atoms with Crippen molar-refractivity contribution in [3.63, 3.8) is 0 Å². The van der Waals surface area contributed by atoms with Crippen LogP contribution in [0.25, 0.3) is 0 Å². The minimum Gasteiger partial charge on any atom is -0.335 e. The molecule has 0 fully saturated rings. The molecule has 2 amide bonds. The van der Waals surface area contributed by atoms with Crippen LogP contribution in [-0.4, -0.2) is 26.8 Å². The summed E-state index contributed by atoms with van der Waals surface area (Å²) >= 11 is 1.56. The first-order chi connectivity index (χ1) is 10.8. The third-order valence-electron chi connectivity index (χ3n) is 3.90. The number of amides is 2. The smallest absolute Gasteiger partial charge is 0.315 e. The maximum atomic E-state index is 12.1. The number of rotatable bonds is 5. The molecule has 0 saturated heterocycles. The average Bonchev–Trinajstić information content (AvgIpc) is 2.98. The highest BCUT2D eigenvalue weighted by Crippen LogP contribution is 2.17. The molecule has 7 heteroatoms. The Morgan fingerprint density at radius 1 is 1.30 bits per heavy atom. The number of hydrogen-bond acceptors (Lipinski definition) is 4. The normalized spacial score (nSPS) is 13.7. The van der Waals surface area contributed by atoms with E-state index in [0.717, 1.165) is 28.5 Å². The van der Waals surface area contributed by atoms with Crippen LogP contribution >= 0.6 is 11.3 Å². The Labute approximate surface area is 141 Å². The molecule has 126 valence electrons. The van der Waals surface area contributed by atoms with Gasteiger partial charge >= 0.3 is 6.03 Å². The van der Waals surface area contributed by atoms with E-state index >= 15 is 0 Å². The van der Waals surface area contributed by atoms with Crippen molar-refractivity contribution in [3.8, 4) is 0 Å². The molecule has 2 atom stereocenters. The number of carbonyl (C=O) groups is 1. The summed E-state index contributed by atoms with van der Waals surface area (Å²) in [6, 6.07) is -0.235. The van der Waals surface area contributed by atoms with Gasteiger partial charge in [0.1, 0.15) is 5.01 Å². The number of nitrogens with one attached hydrogen (secondary N) is 2. The Bertz CT molecular complexity index is 691. The van der Waals surface area contributed by atoms with Crippen LogP contribution in [0.2, 0.25) is 0 Å². The highest BCUT2D eigenvalue weighted by Gasteiger charge is 2.17. The molecule has 2 heterocycles. The predicted octanol–water partition coefficient (Wildman–Crippen LogP) is 2.79. The third kappa shape index (κ3) is 4.31. The zero-order valence-corrected chi connectivity index (χ0v) is 15.4. The van der Waals surface area contributed by atoms with E-state index in [-0.39, 0.29) is 18.1 Å². The lowest BCUT2D eigenvalue weighted by molar-refractivity contribution is 0.234. The van der Waals surface area contributed by atoms with Crippen molar-refractivity contribution >= 4 is 17.4 Å². The molecule has 0 aliphatic carbocycles. The summed E-state index contributed by atoms with van der Waals surface area (Å²) in [5, 5.41) is 13.3.